The number of aliphatic imine (C=N–C) groups is 1. The topological polar surface area (TPSA) is 101 Å². The summed E-state index contributed by atoms with van der Waals surface area (Å²) in [6.45, 7) is -2.18. The van der Waals surface area contributed by atoms with Crippen LogP contribution < -0.4 is 24.8 Å². The maximum Gasteiger partial charge on any atom is 0.387 e. The summed E-state index contributed by atoms with van der Waals surface area (Å²) in [6, 6.07) is 4.50. The van der Waals surface area contributed by atoms with Crippen molar-refractivity contribution in [1.29, 1.82) is 0 Å². The van der Waals surface area contributed by atoms with Crippen LogP contribution in [0.5, 0.6) is 11.5 Å². The molecule has 2 rings (SSSR count). The minimum atomic E-state index is -3.37. The van der Waals surface area contributed by atoms with E-state index in [0.29, 0.717) is 29.7 Å². The number of alkyl halides is 2. The van der Waals surface area contributed by atoms with Gasteiger partial charge in [0.25, 0.3) is 0 Å². The third-order valence-corrected chi connectivity index (χ3v) is 5.98. The van der Waals surface area contributed by atoms with Crippen LogP contribution in [0.15, 0.2) is 23.2 Å². The smallest absolute Gasteiger partial charge is 0.387 e. The predicted molar refractivity (Wildman–Crippen MR) is 107 cm³/mol. The number of ether oxygens (including phenoxy) is 2. The van der Waals surface area contributed by atoms with Crippen LogP contribution in [-0.4, -0.2) is 54.0 Å². The number of nitrogens with zero attached hydrogens (tertiary/aromatic N) is 1. The summed E-state index contributed by atoms with van der Waals surface area (Å²) in [5, 5.41) is 5.85. The number of methoxy groups -OCH3 is 1. The van der Waals surface area contributed by atoms with Gasteiger partial charge in [0.05, 0.1) is 12.9 Å². The molecule has 0 aromatic heterocycles. The first-order chi connectivity index (χ1) is 13.8. The zero-order valence-electron chi connectivity index (χ0n) is 16.6. The molecule has 1 aliphatic rings. The summed E-state index contributed by atoms with van der Waals surface area (Å²) in [6.07, 6.45) is 3.30. The average molecular weight is 435 g/mol. The van der Waals surface area contributed by atoms with Crippen LogP contribution in [0.4, 0.5) is 8.78 Å². The molecule has 0 unspecified atom stereocenters. The first-order valence-electron chi connectivity index (χ1n) is 9.36. The monoisotopic (exact) mass is 434 g/mol. The zero-order chi connectivity index (χ0) is 21.3. The Morgan fingerprint density at radius 1 is 1.31 bits per heavy atom. The second-order valence-corrected chi connectivity index (χ2v) is 8.60. The van der Waals surface area contributed by atoms with E-state index in [1.165, 1.54) is 26.3 Å². The van der Waals surface area contributed by atoms with Crippen LogP contribution in [0.3, 0.4) is 0 Å². The molecule has 164 valence electrons. The van der Waals surface area contributed by atoms with E-state index >= 15 is 0 Å². The largest absolute Gasteiger partial charge is 0.497 e. The lowest BCUT2D eigenvalue weighted by atomic mass is 9.86. The molecule has 0 saturated heterocycles. The molecule has 11 heteroatoms. The van der Waals surface area contributed by atoms with Crippen molar-refractivity contribution in [3.05, 3.63) is 23.8 Å². The van der Waals surface area contributed by atoms with Crippen LogP contribution in [-0.2, 0) is 16.6 Å². The van der Waals surface area contributed by atoms with Gasteiger partial charge in [0.1, 0.15) is 11.5 Å². The second-order valence-electron chi connectivity index (χ2n) is 6.67. The first kappa shape index (κ1) is 23.1. The van der Waals surface area contributed by atoms with Crippen LogP contribution in [0, 0.1) is 5.92 Å². The van der Waals surface area contributed by atoms with Crippen LogP contribution in [0.25, 0.3) is 0 Å². The molecule has 1 aliphatic carbocycles. The van der Waals surface area contributed by atoms with E-state index in [2.05, 4.69) is 25.1 Å². The average Bonchev–Trinajstić information content (AvgIpc) is 2.63. The number of hydrogen-bond acceptors (Lipinski definition) is 5. The molecule has 1 saturated carbocycles. The number of guanidine groups is 1. The Hall–Kier alpha value is -2.14. The van der Waals surface area contributed by atoms with Gasteiger partial charge in [-0.3, -0.25) is 4.99 Å². The molecule has 0 bridgehead atoms. The number of benzene rings is 1. The maximum atomic E-state index is 12.6. The van der Waals surface area contributed by atoms with Gasteiger partial charge in [-0.25, -0.2) is 13.1 Å². The van der Waals surface area contributed by atoms with E-state index in [1.54, 1.807) is 6.07 Å². The van der Waals surface area contributed by atoms with Crippen molar-refractivity contribution >= 4 is 16.0 Å². The van der Waals surface area contributed by atoms with Crippen molar-refractivity contribution in [3.8, 4) is 11.5 Å². The van der Waals surface area contributed by atoms with Crippen molar-refractivity contribution in [2.45, 2.75) is 32.4 Å². The van der Waals surface area contributed by atoms with Gasteiger partial charge in [0, 0.05) is 32.2 Å². The van der Waals surface area contributed by atoms with Gasteiger partial charge in [0.15, 0.2) is 5.96 Å². The third kappa shape index (κ3) is 8.01. The number of sulfonamides is 1. The maximum absolute atomic E-state index is 12.6. The van der Waals surface area contributed by atoms with E-state index in [0.717, 1.165) is 19.3 Å². The first-order valence-corrected chi connectivity index (χ1v) is 11.0. The predicted octanol–water partition coefficient (Wildman–Crippen LogP) is 1.68. The standard InChI is InChI=1S/C18H28F2N4O4S/c1-21-18(22-8-9-29(25,26)24-11-13-4-3-5-13)23-12-14-10-15(27-2)6-7-16(14)28-17(19)20/h6-7,10,13,17,24H,3-5,8-9,11-12H2,1-2H3,(H2,21,22,23). The molecule has 0 aliphatic heterocycles. The molecule has 0 atom stereocenters. The molecule has 1 aromatic carbocycles. The van der Waals surface area contributed by atoms with E-state index in [-0.39, 0.29) is 24.6 Å². The number of nitrogens with one attached hydrogen (secondary N) is 3. The Kier molecular flexibility index (Phi) is 8.90. The summed E-state index contributed by atoms with van der Waals surface area (Å²) in [4.78, 5) is 4.01. The van der Waals surface area contributed by atoms with Gasteiger partial charge < -0.3 is 20.1 Å². The Bertz CT molecular complexity index is 786. The van der Waals surface area contributed by atoms with E-state index < -0.39 is 16.6 Å². The number of halogens is 2. The molecule has 1 fully saturated rings. The summed E-state index contributed by atoms with van der Waals surface area (Å²) < 4.78 is 61.5. The number of hydrogen-bond donors (Lipinski definition) is 3. The Morgan fingerprint density at radius 2 is 2.07 bits per heavy atom. The van der Waals surface area contributed by atoms with E-state index in [1.807, 2.05) is 0 Å². The Labute approximate surface area is 170 Å². The van der Waals surface area contributed by atoms with Crippen molar-refractivity contribution < 1.29 is 26.7 Å². The molecule has 8 nitrogen and oxygen atoms in total. The lowest BCUT2D eigenvalue weighted by Gasteiger charge is -2.25. The van der Waals surface area contributed by atoms with Gasteiger partial charge in [-0.2, -0.15) is 8.78 Å². The summed E-state index contributed by atoms with van der Waals surface area (Å²) in [5.74, 6) is 1.20. The van der Waals surface area contributed by atoms with Crippen molar-refractivity contribution in [1.82, 2.24) is 15.4 Å². The highest BCUT2D eigenvalue weighted by molar-refractivity contribution is 7.89. The lowest BCUT2D eigenvalue weighted by molar-refractivity contribution is -0.0505. The third-order valence-electron chi connectivity index (χ3n) is 4.63. The molecule has 0 radical (unpaired) electrons. The zero-order valence-corrected chi connectivity index (χ0v) is 17.4. The molecule has 0 amide bonds. The van der Waals surface area contributed by atoms with Crippen LogP contribution in [0.2, 0.25) is 0 Å². The quantitative estimate of drug-likeness (QED) is 0.362. The highest BCUT2D eigenvalue weighted by Gasteiger charge is 2.20. The van der Waals surface area contributed by atoms with E-state index in [4.69, 9.17) is 4.74 Å². The van der Waals surface area contributed by atoms with Gasteiger partial charge >= 0.3 is 6.61 Å². The van der Waals surface area contributed by atoms with Crippen LogP contribution >= 0.6 is 0 Å². The highest BCUT2D eigenvalue weighted by atomic mass is 32.2. The summed E-state index contributed by atoms with van der Waals surface area (Å²) in [5.41, 5.74) is 0.447. The Balaban J connectivity index is 1.83. The van der Waals surface area contributed by atoms with Gasteiger partial charge in [-0.15, -0.1) is 0 Å². The van der Waals surface area contributed by atoms with Gasteiger partial charge in [-0.1, -0.05) is 6.42 Å². The summed E-state index contributed by atoms with van der Waals surface area (Å²) >= 11 is 0. The fourth-order valence-electron chi connectivity index (χ4n) is 2.75. The second kappa shape index (κ2) is 11.1. The van der Waals surface area contributed by atoms with Gasteiger partial charge in [-0.05, 0) is 37.0 Å². The minimum Gasteiger partial charge on any atom is -0.497 e. The lowest BCUT2D eigenvalue weighted by Crippen LogP contribution is -2.41. The molecule has 0 heterocycles. The number of rotatable bonds is 11. The molecular weight excluding hydrogens is 406 g/mol. The molecule has 29 heavy (non-hydrogen) atoms. The molecule has 0 spiro atoms. The fourth-order valence-corrected chi connectivity index (χ4v) is 3.75. The van der Waals surface area contributed by atoms with Gasteiger partial charge in [0.2, 0.25) is 10.0 Å². The normalized spacial score (nSPS) is 15.1. The molecule has 3 N–H and O–H groups in total. The molecule has 1 aromatic rings. The Morgan fingerprint density at radius 3 is 2.66 bits per heavy atom. The molecular formula is C18H28F2N4O4S. The van der Waals surface area contributed by atoms with Crippen molar-refractivity contribution in [2.24, 2.45) is 10.9 Å². The fraction of sp³-hybridized carbons (Fsp3) is 0.611. The van der Waals surface area contributed by atoms with Crippen molar-refractivity contribution in [3.63, 3.8) is 0 Å². The van der Waals surface area contributed by atoms with E-state index in [9.17, 15) is 17.2 Å². The minimum absolute atomic E-state index is 0.0199. The SMILES string of the molecule is CN=C(NCCS(=O)(=O)NCC1CCC1)NCc1cc(OC)ccc1OC(F)F. The summed E-state index contributed by atoms with van der Waals surface area (Å²) in [7, 11) is -0.367. The van der Waals surface area contributed by atoms with Crippen molar-refractivity contribution in [2.75, 3.05) is 33.0 Å². The highest BCUT2D eigenvalue weighted by Crippen LogP contribution is 2.26. The van der Waals surface area contributed by atoms with Crippen LogP contribution in [0.1, 0.15) is 24.8 Å².